The summed E-state index contributed by atoms with van der Waals surface area (Å²) in [5, 5.41) is 15.4. The third-order valence-corrected chi connectivity index (χ3v) is 8.63. The van der Waals surface area contributed by atoms with Gasteiger partial charge in [0.05, 0.1) is 30.0 Å². The number of aryl methyl sites for hydroxylation is 1. The summed E-state index contributed by atoms with van der Waals surface area (Å²) in [6, 6.07) is 10.1. The van der Waals surface area contributed by atoms with Crippen LogP contribution in [-0.4, -0.2) is 67.7 Å². The number of nitrogens with one attached hydrogen (secondary N) is 1. The molecule has 8 nitrogen and oxygen atoms in total. The molecule has 3 aromatic rings. The van der Waals surface area contributed by atoms with E-state index in [0.29, 0.717) is 29.8 Å². The first kappa shape index (κ1) is 26.0. The van der Waals surface area contributed by atoms with E-state index in [1.165, 1.54) is 19.3 Å². The van der Waals surface area contributed by atoms with Crippen LogP contribution in [0.25, 0.3) is 11.6 Å². The van der Waals surface area contributed by atoms with E-state index in [1.54, 1.807) is 12.5 Å². The number of halogens is 1. The number of amides is 2. The Morgan fingerprint density at radius 2 is 1.92 bits per heavy atom. The Bertz CT molecular complexity index is 1370. The molecule has 0 unspecified atom stereocenters. The quantitative estimate of drug-likeness (QED) is 0.490. The number of benzene rings is 1. The number of imidazole rings is 1. The van der Waals surface area contributed by atoms with Crippen molar-refractivity contribution in [2.75, 3.05) is 26.2 Å². The fourth-order valence-corrected chi connectivity index (χ4v) is 6.44. The minimum atomic E-state index is -0.887. The SMILES string of the molecule is Cn1cncc1[C@H](O)C1=Cc2cccnc2[C@@H](N2CCN(C(=O)NC3CCCCC3)CC2)c2ccc(Cl)cc21. The molecule has 2 atom stereocenters. The Hall–Kier alpha value is -3.20. The van der Waals surface area contributed by atoms with Gasteiger partial charge in [-0.15, -0.1) is 0 Å². The summed E-state index contributed by atoms with van der Waals surface area (Å²) in [6.07, 6.45) is 12.2. The molecule has 2 N–H and O–H groups in total. The van der Waals surface area contributed by atoms with Crippen molar-refractivity contribution in [3.05, 3.63) is 82.2 Å². The van der Waals surface area contributed by atoms with Crippen LogP contribution in [0.15, 0.2) is 49.1 Å². The molecule has 6 rings (SSSR count). The van der Waals surface area contributed by atoms with Gasteiger partial charge in [0.25, 0.3) is 0 Å². The largest absolute Gasteiger partial charge is 0.382 e. The number of hydrogen-bond donors (Lipinski definition) is 2. The second-order valence-electron chi connectivity index (χ2n) is 10.9. The number of nitrogens with zero attached hydrogens (tertiary/aromatic N) is 5. The molecule has 2 amide bonds. The predicted octanol–water partition coefficient (Wildman–Crippen LogP) is 4.81. The van der Waals surface area contributed by atoms with E-state index in [0.717, 1.165) is 53.9 Å². The highest BCUT2D eigenvalue weighted by molar-refractivity contribution is 6.30. The highest BCUT2D eigenvalue weighted by Crippen LogP contribution is 2.44. The standard InChI is InChI=1S/C30H35ClN6O2/c1-35-19-32-18-26(35)29(38)25-16-20-6-5-11-33-27(20)28(23-10-9-21(31)17-24(23)25)36-12-14-37(15-13-36)30(39)34-22-7-3-2-4-8-22/h5-6,9-11,16-19,22,28-29,38H,2-4,7-8,12-15H2,1H3,(H,34,39)/t28-,29+/m0/s1. The lowest BCUT2D eigenvalue weighted by Gasteiger charge is -2.40. The zero-order valence-electron chi connectivity index (χ0n) is 22.3. The van der Waals surface area contributed by atoms with Crippen molar-refractivity contribution in [3.8, 4) is 0 Å². The molecule has 3 heterocycles. The van der Waals surface area contributed by atoms with Crippen LogP contribution in [0.2, 0.25) is 5.02 Å². The number of fused-ring (bicyclic) bond motifs is 2. The number of hydrogen-bond acceptors (Lipinski definition) is 5. The lowest BCUT2D eigenvalue weighted by atomic mass is 9.91. The molecular formula is C30H35ClN6O2. The highest BCUT2D eigenvalue weighted by atomic mass is 35.5. The van der Waals surface area contributed by atoms with Gasteiger partial charge in [-0.25, -0.2) is 9.78 Å². The fraction of sp³-hybridized carbons (Fsp3) is 0.433. The molecule has 1 aliphatic heterocycles. The van der Waals surface area contributed by atoms with Crippen molar-refractivity contribution in [1.82, 2.24) is 29.7 Å². The van der Waals surface area contributed by atoms with E-state index < -0.39 is 6.10 Å². The lowest BCUT2D eigenvalue weighted by molar-refractivity contribution is 0.116. The average Bonchev–Trinajstić information content (AvgIpc) is 3.33. The number of carbonyl (C=O) groups excluding carboxylic acids is 1. The van der Waals surface area contributed by atoms with Gasteiger partial charge >= 0.3 is 6.03 Å². The molecule has 1 saturated heterocycles. The van der Waals surface area contributed by atoms with Crippen LogP contribution < -0.4 is 5.32 Å². The Balaban J connectivity index is 1.31. The third-order valence-electron chi connectivity index (χ3n) is 8.39. The van der Waals surface area contributed by atoms with Crippen molar-refractivity contribution < 1.29 is 9.90 Å². The molecule has 0 spiro atoms. The summed E-state index contributed by atoms with van der Waals surface area (Å²) in [4.78, 5) is 26.4. The van der Waals surface area contributed by atoms with Crippen molar-refractivity contribution in [1.29, 1.82) is 0 Å². The van der Waals surface area contributed by atoms with Crippen LogP contribution >= 0.6 is 11.6 Å². The van der Waals surface area contributed by atoms with Gasteiger partial charge in [-0.3, -0.25) is 9.88 Å². The maximum Gasteiger partial charge on any atom is 0.317 e. The smallest absolute Gasteiger partial charge is 0.317 e. The number of carbonyl (C=O) groups is 1. The van der Waals surface area contributed by atoms with Gasteiger partial charge in [-0.05, 0) is 59.4 Å². The van der Waals surface area contributed by atoms with E-state index in [9.17, 15) is 9.90 Å². The summed E-state index contributed by atoms with van der Waals surface area (Å²) in [6.45, 7) is 2.75. The normalized spacial score (nSPS) is 20.9. The van der Waals surface area contributed by atoms with Crippen molar-refractivity contribution >= 4 is 29.3 Å². The minimum Gasteiger partial charge on any atom is -0.382 e. The molecule has 0 radical (unpaired) electrons. The zero-order valence-corrected chi connectivity index (χ0v) is 23.0. The number of aromatic nitrogens is 3. The zero-order chi connectivity index (χ0) is 26.9. The Morgan fingerprint density at radius 1 is 1.13 bits per heavy atom. The number of pyridine rings is 1. The maximum atomic E-state index is 13.0. The van der Waals surface area contributed by atoms with Crippen LogP contribution in [0.3, 0.4) is 0 Å². The summed E-state index contributed by atoms with van der Waals surface area (Å²) in [5.74, 6) is 0. The molecule has 2 fully saturated rings. The molecule has 204 valence electrons. The van der Waals surface area contributed by atoms with Gasteiger partial charge in [0.2, 0.25) is 0 Å². The van der Waals surface area contributed by atoms with Gasteiger partial charge in [-0.1, -0.05) is 43.0 Å². The van der Waals surface area contributed by atoms with Gasteiger partial charge < -0.3 is 19.9 Å². The summed E-state index contributed by atoms with van der Waals surface area (Å²) >= 11 is 6.53. The summed E-state index contributed by atoms with van der Waals surface area (Å²) in [5.41, 5.74) is 5.31. The molecule has 3 aliphatic rings. The minimum absolute atomic E-state index is 0.0522. The lowest BCUT2D eigenvalue weighted by Crippen LogP contribution is -2.54. The molecule has 1 saturated carbocycles. The van der Waals surface area contributed by atoms with Crippen molar-refractivity contribution in [2.24, 2.45) is 7.05 Å². The van der Waals surface area contributed by atoms with E-state index in [-0.39, 0.29) is 12.1 Å². The van der Waals surface area contributed by atoms with Crippen molar-refractivity contribution in [2.45, 2.75) is 50.3 Å². The number of aliphatic hydroxyl groups excluding tert-OH is 1. The summed E-state index contributed by atoms with van der Waals surface area (Å²) < 4.78 is 1.83. The molecule has 0 bridgehead atoms. The maximum absolute atomic E-state index is 13.0. The predicted molar refractivity (Wildman–Crippen MR) is 152 cm³/mol. The Morgan fingerprint density at radius 3 is 2.67 bits per heavy atom. The van der Waals surface area contributed by atoms with Gasteiger partial charge in [0, 0.05) is 50.5 Å². The monoisotopic (exact) mass is 546 g/mol. The number of piperazine rings is 1. The summed E-state index contributed by atoms with van der Waals surface area (Å²) in [7, 11) is 1.88. The van der Waals surface area contributed by atoms with Crippen LogP contribution in [0.1, 0.15) is 72.3 Å². The molecule has 1 aromatic carbocycles. The second-order valence-corrected chi connectivity index (χ2v) is 11.3. The first-order valence-electron chi connectivity index (χ1n) is 13.9. The Labute approximate surface area is 234 Å². The van der Waals surface area contributed by atoms with Gasteiger partial charge in [-0.2, -0.15) is 0 Å². The van der Waals surface area contributed by atoms with Crippen molar-refractivity contribution in [3.63, 3.8) is 0 Å². The molecule has 39 heavy (non-hydrogen) atoms. The topological polar surface area (TPSA) is 86.5 Å². The highest BCUT2D eigenvalue weighted by Gasteiger charge is 2.35. The molecule has 9 heteroatoms. The number of urea groups is 1. The van der Waals surface area contributed by atoms with Crippen LogP contribution in [-0.2, 0) is 7.05 Å². The first-order chi connectivity index (χ1) is 19.0. The molecule has 2 aliphatic carbocycles. The van der Waals surface area contributed by atoms with E-state index in [2.05, 4.69) is 21.3 Å². The van der Waals surface area contributed by atoms with Crippen LogP contribution in [0.4, 0.5) is 4.79 Å². The van der Waals surface area contributed by atoms with Crippen LogP contribution in [0, 0.1) is 0 Å². The number of rotatable bonds is 4. The van der Waals surface area contributed by atoms with E-state index >= 15 is 0 Å². The molecular weight excluding hydrogens is 512 g/mol. The molecule has 2 aromatic heterocycles. The van der Waals surface area contributed by atoms with E-state index in [4.69, 9.17) is 16.6 Å². The average molecular weight is 547 g/mol. The fourth-order valence-electron chi connectivity index (χ4n) is 6.27. The van der Waals surface area contributed by atoms with E-state index in [1.807, 2.05) is 53.1 Å². The van der Waals surface area contributed by atoms with Gasteiger partial charge in [0.15, 0.2) is 0 Å². The van der Waals surface area contributed by atoms with Crippen LogP contribution in [0.5, 0.6) is 0 Å². The third kappa shape index (κ3) is 5.21. The second kappa shape index (κ2) is 11.1. The number of aliphatic hydroxyl groups is 1. The Kier molecular flexibility index (Phi) is 7.42. The first-order valence-corrected chi connectivity index (χ1v) is 14.3. The van der Waals surface area contributed by atoms with Gasteiger partial charge in [0.1, 0.15) is 6.10 Å².